The van der Waals surface area contributed by atoms with Crippen LogP contribution in [0.25, 0.3) is 0 Å². The lowest BCUT2D eigenvalue weighted by Gasteiger charge is -2.12. The highest BCUT2D eigenvalue weighted by Crippen LogP contribution is 2.16. The predicted molar refractivity (Wildman–Crippen MR) is 69.5 cm³/mol. The molecule has 0 saturated carbocycles. The molecule has 17 heavy (non-hydrogen) atoms. The number of hydrogen-bond donors (Lipinski definition) is 2. The molecule has 2 N–H and O–H groups in total. The number of carbonyl (C=O) groups excluding carboxylic acids is 1. The van der Waals surface area contributed by atoms with Gasteiger partial charge in [0.25, 0.3) is 5.91 Å². The first kappa shape index (κ1) is 11.3. The van der Waals surface area contributed by atoms with Gasteiger partial charge in [-0.05, 0) is 30.3 Å². The zero-order valence-corrected chi connectivity index (χ0v) is 9.90. The number of nitrogens with one attached hydrogen (secondary N) is 2. The third kappa shape index (κ3) is 2.66. The first-order valence-electron chi connectivity index (χ1n) is 5.38. The molecule has 4 nitrogen and oxygen atoms in total. The van der Waals surface area contributed by atoms with Crippen molar-refractivity contribution in [1.82, 2.24) is 4.98 Å². The van der Waals surface area contributed by atoms with Crippen molar-refractivity contribution in [2.24, 2.45) is 0 Å². The zero-order chi connectivity index (χ0) is 12.3. The van der Waals surface area contributed by atoms with E-state index in [-0.39, 0.29) is 5.91 Å². The third-order valence-corrected chi connectivity index (χ3v) is 2.50. The Balaban J connectivity index is 2.07. The van der Waals surface area contributed by atoms with E-state index in [9.17, 15) is 4.79 Å². The van der Waals surface area contributed by atoms with Gasteiger partial charge >= 0.3 is 0 Å². The van der Waals surface area contributed by atoms with Crippen LogP contribution in [-0.4, -0.2) is 25.0 Å². The minimum absolute atomic E-state index is 0.108. The monoisotopic (exact) mass is 229 g/mol. The Bertz CT molecular complexity index is 486. The van der Waals surface area contributed by atoms with Crippen LogP contribution < -0.4 is 10.2 Å². The van der Waals surface area contributed by atoms with E-state index >= 15 is 0 Å². The van der Waals surface area contributed by atoms with Gasteiger partial charge in [0.05, 0.1) is 5.56 Å². The number of hydrogen-bond acceptors (Lipinski definition) is 2. The lowest BCUT2D eigenvalue weighted by molar-refractivity contribution is 0.102. The number of rotatable bonds is 3. The van der Waals surface area contributed by atoms with E-state index < -0.39 is 0 Å². The van der Waals surface area contributed by atoms with Gasteiger partial charge in [0, 0.05) is 37.9 Å². The molecular weight excluding hydrogens is 214 g/mol. The fourth-order valence-corrected chi connectivity index (χ4v) is 1.51. The van der Waals surface area contributed by atoms with Crippen LogP contribution >= 0.6 is 0 Å². The molecule has 1 aromatic heterocycles. The molecule has 0 bridgehead atoms. The number of carbonyl (C=O) groups is 1. The molecule has 2 rings (SSSR count). The second-order valence-corrected chi connectivity index (χ2v) is 4.00. The number of benzene rings is 1. The third-order valence-electron chi connectivity index (χ3n) is 2.50. The maximum Gasteiger partial charge on any atom is 0.257 e. The summed E-state index contributed by atoms with van der Waals surface area (Å²) in [5.41, 5.74) is 2.52. The smallest absolute Gasteiger partial charge is 0.257 e. The van der Waals surface area contributed by atoms with E-state index in [0.29, 0.717) is 5.56 Å². The van der Waals surface area contributed by atoms with E-state index in [0.717, 1.165) is 11.4 Å². The van der Waals surface area contributed by atoms with Gasteiger partial charge in [-0.3, -0.25) is 4.79 Å². The summed E-state index contributed by atoms with van der Waals surface area (Å²) >= 11 is 0. The molecule has 0 unspecified atom stereocenters. The van der Waals surface area contributed by atoms with Gasteiger partial charge in [0.15, 0.2) is 0 Å². The van der Waals surface area contributed by atoms with Crippen LogP contribution in [0.4, 0.5) is 11.4 Å². The molecular formula is C13H15N3O. The van der Waals surface area contributed by atoms with E-state index in [4.69, 9.17) is 0 Å². The first-order valence-corrected chi connectivity index (χ1v) is 5.38. The predicted octanol–water partition coefficient (Wildman–Crippen LogP) is 2.33. The maximum absolute atomic E-state index is 11.8. The van der Waals surface area contributed by atoms with Crippen molar-refractivity contribution >= 4 is 17.3 Å². The lowest BCUT2D eigenvalue weighted by Crippen LogP contribution is -2.11. The molecule has 1 amide bonds. The Hall–Kier alpha value is -2.23. The van der Waals surface area contributed by atoms with Crippen molar-refractivity contribution in [3.63, 3.8) is 0 Å². The summed E-state index contributed by atoms with van der Waals surface area (Å²) in [7, 11) is 3.96. The van der Waals surface area contributed by atoms with Crippen molar-refractivity contribution in [3.8, 4) is 0 Å². The summed E-state index contributed by atoms with van der Waals surface area (Å²) in [6.07, 6.45) is 3.40. The summed E-state index contributed by atoms with van der Waals surface area (Å²) in [6.45, 7) is 0. The van der Waals surface area contributed by atoms with Gasteiger partial charge in [0.2, 0.25) is 0 Å². The van der Waals surface area contributed by atoms with Gasteiger partial charge in [-0.2, -0.15) is 0 Å². The fourth-order valence-electron chi connectivity index (χ4n) is 1.51. The van der Waals surface area contributed by atoms with Crippen LogP contribution in [0, 0.1) is 0 Å². The van der Waals surface area contributed by atoms with E-state index in [1.807, 2.05) is 43.3 Å². The quantitative estimate of drug-likeness (QED) is 0.848. The Labute approximate surface area is 100 Å². The summed E-state index contributed by atoms with van der Waals surface area (Å²) in [4.78, 5) is 16.6. The van der Waals surface area contributed by atoms with Gasteiger partial charge < -0.3 is 15.2 Å². The molecule has 0 radical (unpaired) electrons. The topological polar surface area (TPSA) is 48.1 Å². The van der Waals surface area contributed by atoms with Crippen LogP contribution in [0.15, 0.2) is 42.7 Å². The Morgan fingerprint density at radius 1 is 1.18 bits per heavy atom. The van der Waals surface area contributed by atoms with Crippen LogP contribution in [0.5, 0.6) is 0 Å². The molecule has 0 saturated heterocycles. The van der Waals surface area contributed by atoms with Gasteiger partial charge in [-0.15, -0.1) is 0 Å². The van der Waals surface area contributed by atoms with Crippen molar-refractivity contribution in [1.29, 1.82) is 0 Å². The molecule has 0 aliphatic heterocycles. The van der Waals surface area contributed by atoms with Crippen molar-refractivity contribution < 1.29 is 4.79 Å². The normalized spacial score (nSPS) is 10.0. The Morgan fingerprint density at radius 3 is 2.41 bits per heavy atom. The molecule has 1 heterocycles. The molecule has 0 atom stereocenters. The molecule has 1 aromatic carbocycles. The zero-order valence-electron chi connectivity index (χ0n) is 9.90. The number of aromatic nitrogens is 1. The Morgan fingerprint density at radius 2 is 1.88 bits per heavy atom. The highest BCUT2D eigenvalue weighted by atomic mass is 16.1. The van der Waals surface area contributed by atoms with Gasteiger partial charge in [0.1, 0.15) is 0 Å². The van der Waals surface area contributed by atoms with Crippen LogP contribution in [-0.2, 0) is 0 Å². The summed E-state index contributed by atoms with van der Waals surface area (Å²) in [6, 6.07) is 9.45. The van der Waals surface area contributed by atoms with Gasteiger partial charge in [-0.1, -0.05) is 0 Å². The standard InChI is InChI=1S/C13H15N3O/c1-16(2)12-5-3-11(4-6-12)15-13(17)10-7-8-14-9-10/h3-9,14H,1-2H3,(H,15,17). The van der Waals surface area contributed by atoms with Crippen molar-refractivity contribution in [2.75, 3.05) is 24.3 Å². The SMILES string of the molecule is CN(C)c1ccc(NC(=O)c2cc[nH]c2)cc1. The summed E-state index contributed by atoms with van der Waals surface area (Å²) in [5, 5.41) is 2.83. The average Bonchev–Trinajstić information content (AvgIpc) is 2.83. The fraction of sp³-hybridized carbons (Fsp3) is 0.154. The summed E-state index contributed by atoms with van der Waals surface area (Å²) < 4.78 is 0. The van der Waals surface area contributed by atoms with Gasteiger partial charge in [-0.25, -0.2) is 0 Å². The van der Waals surface area contributed by atoms with E-state index in [1.54, 1.807) is 18.5 Å². The number of H-pyrrole nitrogens is 1. The van der Waals surface area contributed by atoms with Crippen LogP contribution in [0.3, 0.4) is 0 Å². The Kier molecular flexibility index (Phi) is 3.14. The second kappa shape index (κ2) is 4.74. The molecule has 0 fully saturated rings. The summed E-state index contributed by atoms with van der Waals surface area (Å²) in [5.74, 6) is -0.108. The van der Waals surface area contributed by atoms with Crippen LogP contribution in [0.2, 0.25) is 0 Å². The number of aromatic amines is 1. The highest BCUT2D eigenvalue weighted by molar-refractivity contribution is 6.04. The largest absolute Gasteiger partial charge is 0.378 e. The minimum Gasteiger partial charge on any atom is -0.378 e. The number of anilines is 2. The highest BCUT2D eigenvalue weighted by Gasteiger charge is 2.05. The molecule has 0 aliphatic carbocycles. The maximum atomic E-state index is 11.8. The van der Waals surface area contributed by atoms with E-state index in [1.165, 1.54) is 0 Å². The lowest BCUT2D eigenvalue weighted by atomic mass is 10.2. The molecule has 0 aliphatic rings. The number of amides is 1. The van der Waals surface area contributed by atoms with Crippen molar-refractivity contribution in [2.45, 2.75) is 0 Å². The minimum atomic E-state index is -0.108. The molecule has 88 valence electrons. The molecule has 2 aromatic rings. The average molecular weight is 229 g/mol. The second-order valence-electron chi connectivity index (χ2n) is 4.00. The molecule has 4 heteroatoms. The van der Waals surface area contributed by atoms with E-state index in [2.05, 4.69) is 10.3 Å². The first-order chi connectivity index (χ1) is 8.16. The van der Waals surface area contributed by atoms with Crippen molar-refractivity contribution in [3.05, 3.63) is 48.3 Å². The van der Waals surface area contributed by atoms with Crippen LogP contribution in [0.1, 0.15) is 10.4 Å². The molecule has 0 spiro atoms. The number of nitrogens with zero attached hydrogens (tertiary/aromatic N) is 1.